The van der Waals surface area contributed by atoms with Gasteiger partial charge in [0, 0.05) is 10.9 Å². The highest BCUT2D eigenvalue weighted by molar-refractivity contribution is 7.99. The van der Waals surface area contributed by atoms with Crippen molar-refractivity contribution in [3.8, 4) is 0 Å². The van der Waals surface area contributed by atoms with Gasteiger partial charge in [-0.1, -0.05) is 30.0 Å². The first kappa shape index (κ1) is 17.7. The van der Waals surface area contributed by atoms with E-state index in [-0.39, 0.29) is 17.2 Å². The molecule has 2 aromatic carbocycles. The lowest BCUT2D eigenvalue weighted by Crippen LogP contribution is -2.03. The molecule has 0 amide bonds. The summed E-state index contributed by atoms with van der Waals surface area (Å²) < 4.78 is 2.02. The Morgan fingerprint density at radius 1 is 1.03 bits per heavy atom. The van der Waals surface area contributed by atoms with Crippen LogP contribution in [-0.2, 0) is 0 Å². The Kier molecular flexibility index (Phi) is 4.02. The number of benzene rings is 2. The van der Waals surface area contributed by atoms with Crippen molar-refractivity contribution in [3.63, 3.8) is 0 Å². The van der Waals surface area contributed by atoms with Crippen molar-refractivity contribution in [2.45, 2.75) is 19.0 Å². The molecule has 7 nitrogen and oxygen atoms in total. The van der Waals surface area contributed by atoms with Crippen LogP contribution in [0.2, 0.25) is 0 Å². The van der Waals surface area contributed by atoms with E-state index in [2.05, 4.69) is 46.1 Å². The van der Waals surface area contributed by atoms with Gasteiger partial charge < -0.3 is 9.97 Å². The zero-order valence-corrected chi connectivity index (χ0v) is 16.6. The SMILES string of the molecule is Cc1cc2nnc(SCC(=O)c3ccc4[nH]c(=O)[nH]c4c3)n2c2c(C)cccc12. The molecule has 3 heterocycles. The van der Waals surface area contributed by atoms with Crippen LogP contribution in [0.1, 0.15) is 21.5 Å². The second-order valence-corrected chi connectivity index (χ2v) is 7.97. The monoisotopic (exact) mass is 403 g/mol. The molecule has 0 aliphatic heterocycles. The maximum atomic E-state index is 12.7. The first-order chi connectivity index (χ1) is 14.0. The Morgan fingerprint density at radius 2 is 1.86 bits per heavy atom. The summed E-state index contributed by atoms with van der Waals surface area (Å²) in [4.78, 5) is 29.5. The minimum Gasteiger partial charge on any atom is -0.306 e. The number of Topliss-reactive ketones (excluding diaryl/α,β-unsaturated/α-hetero) is 1. The van der Waals surface area contributed by atoms with Crippen molar-refractivity contribution >= 4 is 45.1 Å². The Bertz CT molecular complexity index is 1480. The average Bonchev–Trinajstić information content (AvgIpc) is 3.27. The number of hydrogen-bond donors (Lipinski definition) is 2. The number of rotatable bonds is 4. The predicted molar refractivity (Wildman–Crippen MR) is 114 cm³/mol. The van der Waals surface area contributed by atoms with Gasteiger partial charge in [-0.2, -0.15) is 0 Å². The van der Waals surface area contributed by atoms with Crippen molar-refractivity contribution in [1.29, 1.82) is 0 Å². The van der Waals surface area contributed by atoms with E-state index in [9.17, 15) is 9.59 Å². The molecule has 29 heavy (non-hydrogen) atoms. The predicted octanol–water partition coefficient (Wildman–Crippen LogP) is 3.64. The summed E-state index contributed by atoms with van der Waals surface area (Å²) in [7, 11) is 0. The number of thioether (sulfide) groups is 1. The van der Waals surface area contributed by atoms with Gasteiger partial charge >= 0.3 is 5.69 Å². The average molecular weight is 403 g/mol. The zero-order chi connectivity index (χ0) is 20.1. The molecule has 5 rings (SSSR count). The van der Waals surface area contributed by atoms with Crippen LogP contribution in [0, 0.1) is 13.8 Å². The number of H-pyrrole nitrogens is 2. The minimum atomic E-state index is -0.286. The number of aromatic amines is 2. The third kappa shape index (κ3) is 2.92. The van der Waals surface area contributed by atoms with Gasteiger partial charge in [0.05, 0.1) is 22.3 Å². The van der Waals surface area contributed by atoms with E-state index in [1.807, 2.05) is 16.5 Å². The molecular formula is C21H17N5O2S. The number of pyridine rings is 1. The van der Waals surface area contributed by atoms with Crippen LogP contribution in [0.15, 0.2) is 52.4 Å². The molecular weight excluding hydrogens is 386 g/mol. The van der Waals surface area contributed by atoms with Crippen LogP contribution < -0.4 is 5.69 Å². The summed E-state index contributed by atoms with van der Waals surface area (Å²) in [6.45, 7) is 4.13. The summed E-state index contributed by atoms with van der Waals surface area (Å²) in [6, 6.07) is 13.4. The zero-order valence-electron chi connectivity index (χ0n) is 15.8. The molecule has 0 aliphatic carbocycles. The van der Waals surface area contributed by atoms with E-state index in [4.69, 9.17) is 0 Å². The summed E-state index contributed by atoms with van der Waals surface area (Å²) in [6.07, 6.45) is 0. The highest BCUT2D eigenvalue weighted by atomic mass is 32.2. The fourth-order valence-electron chi connectivity index (χ4n) is 3.64. The van der Waals surface area contributed by atoms with Gasteiger partial charge in [0.25, 0.3) is 0 Å². The van der Waals surface area contributed by atoms with E-state index in [1.54, 1.807) is 18.2 Å². The van der Waals surface area contributed by atoms with Crippen LogP contribution in [0.4, 0.5) is 0 Å². The number of imidazole rings is 1. The Morgan fingerprint density at radius 3 is 2.72 bits per heavy atom. The van der Waals surface area contributed by atoms with E-state index in [1.165, 1.54) is 11.8 Å². The Balaban J connectivity index is 1.50. The molecule has 0 saturated heterocycles. The Hall–Kier alpha value is -3.39. The van der Waals surface area contributed by atoms with Gasteiger partial charge in [0.15, 0.2) is 16.6 Å². The normalized spacial score (nSPS) is 11.7. The molecule has 3 aromatic heterocycles. The molecule has 0 aliphatic rings. The number of carbonyl (C=O) groups excluding carboxylic acids is 1. The molecule has 0 saturated carbocycles. The molecule has 8 heteroatoms. The summed E-state index contributed by atoms with van der Waals surface area (Å²) >= 11 is 1.36. The molecule has 0 fully saturated rings. The number of para-hydroxylation sites is 1. The maximum absolute atomic E-state index is 12.7. The molecule has 0 atom stereocenters. The van der Waals surface area contributed by atoms with Crippen molar-refractivity contribution in [2.75, 3.05) is 5.75 Å². The molecule has 144 valence electrons. The lowest BCUT2D eigenvalue weighted by molar-refractivity contribution is 0.102. The largest absolute Gasteiger partial charge is 0.323 e. The van der Waals surface area contributed by atoms with E-state index >= 15 is 0 Å². The van der Waals surface area contributed by atoms with Gasteiger partial charge in [0.2, 0.25) is 0 Å². The molecule has 0 radical (unpaired) electrons. The van der Waals surface area contributed by atoms with E-state index in [0.717, 1.165) is 27.7 Å². The lowest BCUT2D eigenvalue weighted by Gasteiger charge is -2.09. The second-order valence-electron chi connectivity index (χ2n) is 7.03. The standard InChI is InChI=1S/C21H17N5O2S/c1-11-4-3-5-14-12(2)8-18-24-25-21(26(18)19(11)14)29-10-17(27)13-6-7-15-16(9-13)23-20(28)22-15/h3-9H,10H2,1-2H3,(H2,22,23,28). The number of ketones is 1. The molecule has 0 unspecified atom stereocenters. The van der Waals surface area contributed by atoms with Crippen LogP contribution in [0.3, 0.4) is 0 Å². The van der Waals surface area contributed by atoms with Crippen molar-refractivity contribution in [2.24, 2.45) is 0 Å². The second kappa shape index (κ2) is 6.59. The van der Waals surface area contributed by atoms with Gasteiger partial charge in [-0.3, -0.25) is 9.20 Å². The fraction of sp³-hybridized carbons (Fsp3) is 0.143. The molecule has 2 N–H and O–H groups in total. The summed E-state index contributed by atoms with van der Waals surface area (Å²) in [5.41, 5.74) is 5.67. The fourth-order valence-corrected chi connectivity index (χ4v) is 4.48. The number of hydrogen-bond acceptors (Lipinski definition) is 5. The highest BCUT2D eigenvalue weighted by Gasteiger charge is 2.15. The first-order valence-corrected chi connectivity index (χ1v) is 10.1. The number of nitrogens with zero attached hydrogens (tertiary/aromatic N) is 3. The van der Waals surface area contributed by atoms with Gasteiger partial charge in [-0.05, 0) is 49.2 Å². The van der Waals surface area contributed by atoms with Gasteiger partial charge in [0.1, 0.15) is 0 Å². The quantitative estimate of drug-likeness (QED) is 0.353. The van der Waals surface area contributed by atoms with E-state index < -0.39 is 0 Å². The van der Waals surface area contributed by atoms with Crippen LogP contribution >= 0.6 is 11.8 Å². The van der Waals surface area contributed by atoms with Crippen LogP contribution in [-0.4, -0.2) is 36.1 Å². The lowest BCUT2D eigenvalue weighted by atomic mass is 10.1. The third-order valence-corrected chi connectivity index (χ3v) is 5.99. The number of nitrogens with one attached hydrogen (secondary N) is 2. The topological polar surface area (TPSA) is 95.9 Å². The van der Waals surface area contributed by atoms with Gasteiger partial charge in [-0.25, -0.2) is 4.79 Å². The third-order valence-electron chi connectivity index (χ3n) is 5.06. The number of aryl methyl sites for hydroxylation is 2. The number of aromatic nitrogens is 5. The maximum Gasteiger partial charge on any atom is 0.323 e. The van der Waals surface area contributed by atoms with Gasteiger partial charge in [-0.15, -0.1) is 10.2 Å². The van der Waals surface area contributed by atoms with E-state index in [0.29, 0.717) is 21.8 Å². The first-order valence-electron chi connectivity index (χ1n) is 9.13. The Labute approximate surface area is 169 Å². The molecule has 0 bridgehead atoms. The summed E-state index contributed by atoms with van der Waals surface area (Å²) in [5.74, 6) is 0.186. The summed E-state index contributed by atoms with van der Waals surface area (Å²) in [5, 5.41) is 10.4. The van der Waals surface area contributed by atoms with Crippen LogP contribution in [0.25, 0.3) is 27.6 Å². The van der Waals surface area contributed by atoms with Crippen molar-refractivity contribution < 1.29 is 4.79 Å². The number of carbonyl (C=O) groups is 1. The molecule has 0 spiro atoms. The van der Waals surface area contributed by atoms with Crippen molar-refractivity contribution in [1.82, 2.24) is 24.6 Å². The number of fused-ring (bicyclic) bond motifs is 4. The minimum absolute atomic E-state index is 0.0381. The molecule has 5 aromatic rings. The van der Waals surface area contributed by atoms with Crippen LogP contribution in [0.5, 0.6) is 0 Å². The highest BCUT2D eigenvalue weighted by Crippen LogP contribution is 2.28. The smallest absolute Gasteiger partial charge is 0.306 e. The van der Waals surface area contributed by atoms with Crippen molar-refractivity contribution in [3.05, 3.63) is 69.6 Å².